The minimum Gasteiger partial charge on any atom is -0.497 e. The molecule has 0 spiro atoms. The number of ether oxygens (including phenoxy) is 2. The van der Waals surface area contributed by atoms with Crippen LogP contribution in [0.25, 0.3) is 0 Å². The molecule has 5 heteroatoms. The zero-order valence-corrected chi connectivity index (χ0v) is 14.7. The number of methoxy groups -OCH3 is 1. The molecule has 0 aliphatic rings. The van der Waals surface area contributed by atoms with Gasteiger partial charge in [0.25, 0.3) is 5.91 Å². The van der Waals surface area contributed by atoms with E-state index in [9.17, 15) is 4.79 Å². The van der Waals surface area contributed by atoms with Crippen molar-refractivity contribution in [3.05, 3.63) is 59.1 Å². The topological polar surface area (TPSA) is 47.6 Å². The van der Waals surface area contributed by atoms with E-state index in [-0.39, 0.29) is 5.91 Å². The van der Waals surface area contributed by atoms with Crippen molar-refractivity contribution < 1.29 is 14.3 Å². The van der Waals surface area contributed by atoms with Crippen LogP contribution in [0, 0.1) is 0 Å². The van der Waals surface area contributed by atoms with Gasteiger partial charge in [0, 0.05) is 17.6 Å². The number of rotatable bonds is 8. The second-order valence-corrected chi connectivity index (χ2v) is 5.80. The normalized spacial score (nSPS) is 11.6. The van der Waals surface area contributed by atoms with Crippen molar-refractivity contribution in [2.45, 2.75) is 25.9 Å². The average Bonchev–Trinajstić information content (AvgIpc) is 2.61. The summed E-state index contributed by atoms with van der Waals surface area (Å²) < 4.78 is 10.9. The van der Waals surface area contributed by atoms with Crippen LogP contribution in [0.4, 0.5) is 0 Å². The van der Waals surface area contributed by atoms with Gasteiger partial charge in [-0.1, -0.05) is 36.7 Å². The molecule has 4 nitrogen and oxygen atoms in total. The molecule has 2 aromatic rings. The van der Waals surface area contributed by atoms with Crippen molar-refractivity contribution in [1.29, 1.82) is 0 Å². The van der Waals surface area contributed by atoms with Gasteiger partial charge in [-0.05, 0) is 42.7 Å². The Morgan fingerprint density at radius 1 is 1.17 bits per heavy atom. The Bertz CT molecular complexity index is 658. The van der Waals surface area contributed by atoms with Crippen molar-refractivity contribution >= 4 is 17.5 Å². The number of carbonyl (C=O) groups excluding carboxylic acids is 1. The molecule has 1 N–H and O–H groups in total. The van der Waals surface area contributed by atoms with Gasteiger partial charge in [0.15, 0.2) is 6.10 Å². The van der Waals surface area contributed by atoms with Gasteiger partial charge in [0.2, 0.25) is 0 Å². The number of benzene rings is 2. The largest absolute Gasteiger partial charge is 0.497 e. The molecule has 0 radical (unpaired) electrons. The number of nitrogens with one attached hydrogen (secondary N) is 1. The van der Waals surface area contributed by atoms with Gasteiger partial charge in [-0.3, -0.25) is 4.79 Å². The summed E-state index contributed by atoms with van der Waals surface area (Å²) in [6.07, 6.45) is 0.810. The molecule has 0 unspecified atom stereocenters. The van der Waals surface area contributed by atoms with E-state index in [2.05, 4.69) is 5.32 Å². The third-order valence-electron chi connectivity index (χ3n) is 3.61. The maximum atomic E-state index is 12.3. The van der Waals surface area contributed by atoms with Crippen molar-refractivity contribution in [1.82, 2.24) is 5.32 Å². The van der Waals surface area contributed by atoms with Crippen LogP contribution in [-0.4, -0.2) is 25.7 Å². The molecule has 0 aliphatic carbocycles. The molecule has 0 heterocycles. The third-order valence-corrected chi connectivity index (χ3v) is 3.86. The molecular weight excluding hydrogens is 326 g/mol. The number of halogens is 1. The molecule has 24 heavy (non-hydrogen) atoms. The molecule has 1 atom stereocenters. The summed E-state index contributed by atoms with van der Waals surface area (Å²) in [5.74, 6) is 1.20. The highest BCUT2D eigenvalue weighted by molar-refractivity contribution is 6.30. The van der Waals surface area contributed by atoms with Crippen LogP contribution < -0.4 is 14.8 Å². The van der Waals surface area contributed by atoms with Gasteiger partial charge in [-0.2, -0.15) is 0 Å². The van der Waals surface area contributed by atoms with Gasteiger partial charge in [0.1, 0.15) is 11.5 Å². The first-order valence-electron chi connectivity index (χ1n) is 7.95. The first kappa shape index (κ1) is 18.1. The van der Waals surface area contributed by atoms with Crippen LogP contribution in [0.1, 0.15) is 18.9 Å². The first-order chi connectivity index (χ1) is 11.6. The Hall–Kier alpha value is -2.20. The minimum atomic E-state index is -0.526. The fraction of sp³-hybridized carbons (Fsp3) is 0.316. The van der Waals surface area contributed by atoms with E-state index in [1.165, 1.54) is 0 Å². The van der Waals surface area contributed by atoms with Gasteiger partial charge in [-0.25, -0.2) is 0 Å². The molecule has 0 bridgehead atoms. The maximum absolute atomic E-state index is 12.3. The van der Waals surface area contributed by atoms with E-state index >= 15 is 0 Å². The maximum Gasteiger partial charge on any atom is 0.261 e. The summed E-state index contributed by atoms with van der Waals surface area (Å²) in [5, 5.41) is 3.63. The summed E-state index contributed by atoms with van der Waals surface area (Å²) >= 11 is 5.86. The first-order valence-corrected chi connectivity index (χ1v) is 8.33. The van der Waals surface area contributed by atoms with Crippen LogP contribution in [0.3, 0.4) is 0 Å². The number of amides is 1. The van der Waals surface area contributed by atoms with Crippen molar-refractivity contribution in [2.75, 3.05) is 13.7 Å². The summed E-state index contributed by atoms with van der Waals surface area (Å²) in [5.41, 5.74) is 1.13. The molecule has 0 fully saturated rings. The van der Waals surface area contributed by atoms with E-state index in [4.69, 9.17) is 21.1 Å². The molecule has 0 saturated carbocycles. The van der Waals surface area contributed by atoms with Crippen molar-refractivity contribution in [3.8, 4) is 11.5 Å². The van der Waals surface area contributed by atoms with Gasteiger partial charge in [-0.15, -0.1) is 0 Å². The Labute approximate surface area is 147 Å². The highest BCUT2D eigenvalue weighted by Gasteiger charge is 2.18. The van der Waals surface area contributed by atoms with Crippen LogP contribution in [0.15, 0.2) is 48.5 Å². The molecule has 2 aromatic carbocycles. The SMILES string of the molecule is CC[C@@H](Oc1cccc(OC)c1)C(=O)NCCc1ccc(Cl)cc1. The lowest BCUT2D eigenvalue weighted by atomic mass is 10.1. The van der Waals surface area contributed by atoms with E-state index in [1.807, 2.05) is 49.4 Å². The quantitative estimate of drug-likeness (QED) is 0.788. The zero-order chi connectivity index (χ0) is 17.4. The van der Waals surface area contributed by atoms with Crippen molar-refractivity contribution in [2.24, 2.45) is 0 Å². The average molecular weight is 348 g/mol. The Balaban J connectivity index is 1.85. The van der Waals surface area contributed by atoms with Gasteiger partial charge >= 0.3 is 0 Å². The molecule has 0 aliphatic heterocycles. The number of hydrogen-bond donors (Lipinski definition) is 1. The van der Waals surface area contributed by atoms with E-state index in [1.54, 1.807) is 13.2 Å². The smallest absolute Gasteiger partial charge is 0.261 e. The number of hydrogen-bond acceptors (Lipinski definition) is 3. The highest BCUT2D eigenvalue weighted by Crippen LogP contribution is 2.20. The Morgan fingerprint density at radius 2 is 1.88 bits per heavy atom. The summed E-state index contributed by atoms with van der Waals surface area (Å²) in [4.78, 5) is 12.3. The predicted octanol–water partition coefficient (Wildman–Crippen LogP) is 3.86. The van der Waals surface area contributed by atoms with Crippen LogP contribution in [-0.2, 0) is 11.2 Å². The lowest BCUT2D eigenvalue weighted by Crippen LogP contribution is -2.38. The van der Waals surface area contributed by atoms with Gasteiger partial charge in [0.05, 0.1) is 7.11 Å². The molecule has 128 valence electrons. The van der Waals surface area contributed by atoms with Crippen LogP contribution >= 0.6 is 11.6 Å². The lowest BCUT2D eigenvalue weighted by molar-refractivity contribution is -0.128. The highest BCUT2D eigenvalue weighted by atomic mass is 35.5. The van der Waals surface area contributed by atoms with E-state index in [0.29, 0.717) is 29.5 Å². The minimum absolute atomic E-state index is 0.116. The van der Waals surface area contributed by atoms with Gasteiger partial charge < -0.3 is 14.8 Å². The molecular formula is C19H22ClNO3. The van der Waals surface area contributed by atoms with Crippen LogP contribution in [0.5, 0.6) is 11.5 Å². The van der Waals surface area contributed by atoms with E-state index < -0.39 is 6.10 Å². The zero-order valence-electron chi connectivity index (χ0n) is 13.9. The molecule has 1 amide bonds. The summed E-state index contributed by atoms with van der Waals surface area (Å²) in [6.45, 7) is 2.47. The molecule has 0 aromatic heterocycles. The van der Waals surface area contributed by atoms with Crippen LogP contribution in [0.2, 0.25) is 5.02 Å². The lowest BCUT2D eigenvalue weighted by Gasteiger charge is -2.17. The Morgan fingerprint density at radius 3 is 2.54 bits per heavy atom. The second kappa shape index (κ2) is 9.18. The number of carbonyl (C=O) groups is 1. The fourth-order valence-electron chi connectivity index (χ4n) is 2.26. The molecule has 0 saturated heterocycles. The summed E-state index contributed by atoms with van der Waals surface area (Å²) in [6, 6.07) is 14.9. The van der Waals surface area contributed by atoms with Crippen molar-refractivity contribution in [3.63, 3.8) is 0 Å². The monoisotopic (exact) mass is 347 g/mol. The second-order valence-electron chi connectivity index (χ2n) is 5.36. The fourth-order valence-corrected chi connectivity index (χ4v) is 2.38. The Kier molecular flexibility index (Phi) is 6.94. The predicted molar refractivity (Wildman–Crippen MR) is 95.9 cm³/mol. The summed E-state index contributed by atoms with van der Waals surface area (Å²) in [7, 11) is 1.60. The van der Waals surface area contributed by atoms with E-state index in [0.717, 1.165) is 12.0 Å². The third kappa shape index (κ3) is 5.46. The standard InChI is InChI=1S/C19H22ClNO3/c1-3-18(24-17-6-4-5-16(13-17)23-2)19(22)21-12-11-14-7-9-15(20)10-8-14/h4-10,13,18H,3,11-12H2,1-2H3,(H,21,22)/t18-/m1/s1. The molecule has 2 rings (SSSR count).